The zero-order valence-electron chi connectivity index (χ0n) is 11.3. The van der Waals surface area contributed by atoms with Gasteiger partial charge in [-0.3, -0.25) is 4.79 Å². The van der Waals surface area contributed by atoms with Crippen LogP contribution in [0.4, 0.5) is 4.39 Å². The maximum atomic E-state index is 13.0. The van der Waals surface area contributed by atoms with Gasteiger partial charge in [0.05, 0.1) is 5.56 Å². The first-order valence-electron chi connectivity index (χ1n) is 6.27. The Morgan fingerprint density at radius 3 is 2.60 bits per heavy atom. The zero-order chi connectivity index (χ0) is 14.7. The topological polar surface area (TPSA) is 29.1 Å². The van der Waals surface area contributed by atoms with E-state index in [0.717, 1.165) is 11.1 Å². The Labute approximate surface area is 126 Å². The fraction of sp³-hybridized carbons (Fsp3) is 0.188. The van der Waals surface area contributed by atoms with Crippen LogP contribution in [0.15, 0.2) is 40.9 Å². The molecule has 2 aromatic rings. The Kier molecular flexibility index (Phi) is 4.55. The standard InChI is InChI=1S/C16H15BrFNO/c1-10-3-4-12(11(2)7-10)9-19-16(20)14-6-5-13(18)8-15(14)17/h3-8H,9H2,1-2H3,(H,19,20). The lowest BCUT2D eigenvalue weighted by Gasteiger charge is -2.10. The molecule has 0 aliphatic rings. The summed E-state index contributed by atoms with van der Waals surface area (Å²) in [5.41, 5.74) is 3.83. The van der Waals surface area contributed by atoms with E-state index < -0.39 is 0 Å². The summed E-state index contributed by atoms with van der Waals surface area (Å²) in [7, 11) is 0. The van der Waals surface area contributed by atoms with Crippen molar-refractivity contribution >= 4 is 21.8 Å². The summed E-state index contributed by atoms with van der Waals surface area (Å²) in [5, 5.41) is 2.84. The first-order chi connectivity index (χ1) is 9.47. The van der Waals surface area contributed by atoms with Crippen LogP contribution in [0.3, 0.4) is 0 Å². The van der Waals surface area contributed by atoms with E-state index >= 15 is 0 Å². The Balaban J connectivity index is 2.08. The quantitative estimate of drug-likeness (QED) is 0.897. The average molecular weight is 336 g/mol. The first kappa shape index (κ1) is 14.7. The van der Waals surface area contributed by atoms with E-state index in [1.807, 2.05) is 26.0 Å². The third kappa shape index (κ3) is 3.45. The lowest BCUT2D eigenvalue weighted by Crippen LogP contribution is -2.23. The van der Waals surface area contributed by atoms with Gasteiger partial charge in [0.25, 0.3) is 5.91 Å². The molecule has 0 bridgehead atoms. The molecule has 0 aromatic heterocycles. The maximum absolute atomic E-state index is 13.0. The second-order valence-electron chi connectivity index (χ2n) is 4.74. The predicted molar refractivity (Wildman–Crippen MR) is 81.2 cm³/mol. The molecule has 0 saturated heterocycles. The van der Waals surface area contributed by atoms with E-state index in [0.29, 0.717) is 16.6 Å². The van der Waals surface area contributed by atoms with Crippen LogP contribution in [0, 0.1) is 19.7 Å². The smallest absolute Gasteiger partial charge is 0.252 e. The zero-order valence-corrected chi connectivity index (χ0v) is 12.9. The molecule has 104 valence electrons. The van der Waals surface area contributed by atoms with Gasteiger partial charge in [0.1, 0.15) is 5.82 Å². The van der Waals surface area contributed by atoms with Gasteiger partial charge < -0.3 is 5.32 Å². The molecule has 0 spiro atoms. The Morgan fingerprint density at radius 1 is 1.20 bits per heavy atom. The van der Waals surface area contributed by atoms with E-state index in [1.165, 1.54) is 23.8 Å². The number of rotatable bonds is 3. The lowest BCUT2D eigenvalue weighted by molar-refractivity contribution is 0.0950. The third-order valence-electron chi connectivity index (χ3n) is 3.11. The van der Waals surface area contributed by atoms with Crippen LogP contribution < -0.4 is 5.32 Å². The molecule has 2 rings (SSSR count). The second-order valence-corrected chi connectivity index (χ2v) is 5.59. The molecule has 2 nitrogen and oxygen atoms in total. The van der Waals surface area contributed by atoms with Crippen LogP contribution >= 0.6 is 15.9 Å². The monoisotopic (exact) mass is 335 g/mol. The highest BCUT2D eigenvalue weighted by molar-refractivity contribution is 9.10. The minimum Gasteiger partial charge on any atom is -0.348 e. The first-order valence-corrected chi connectivity index (χ1v) is 7.06. The molecule has 0 atom stereocenters. The Hall–Kier alpha value is -1.68. The van der Waals surface area contributed by atoms with Gasteiger partial charge in [0.2, 0.25) is 0 Å². The molecule has 0 radical (unpaired) electrons. The van der Waals surface area contributed by atoms with Gasteiger partial charge in [-0.2, -0.15) is 0 Å². The normalized spacial score (nSPS) is 10.4. The molecule has 20 heavy (non-hydrogen) atoms. The second kappa shape index (κ2) is 6.18. The van der Waals surface area contributed by atoms with E-state index in [1.54, 1.807) is 0 Å². The van der Waals surface area contributed by atoms with E-state index in [-0.39, 0.29) is 11.7 Å². The number of hydrogen-bond acceptors (Lipinski definition) is 1. The fourth-order valence-electron chi connectivity index (χ4n) is 1.99. The van der Waals surface area contributed by atoms with E-state index in [4.69, 9.17) is 0 Å². The SMILES string of the molecule is Cc1ccc(CNC(=O)c2ccc(F)cc2Br)c(C)c1. The van der Waals surface area contributed by atoms with Crippen LogP contribution in [0.5, 0.6) is 0 Å². The number of nitrogens with one attached hydrogen (secondary N) is 1. The summed E-state index contributed by atoms with van der Waals surface area (Å²) in [5.74, 6) is -0.598. The van der Waals surface area contributed by atoms with Crippen LogP contribution in [0.1, 0.15) is 27.0 Å². The third-order valence-corrected chi connectivity index (χ3v) is 3.77. The number of halogens is 2. The molecule has 0 aliphatic heterocycles. The number of carbonyl (C=O) groups is 1. The van der Waals surface area contributed by atoms with Crippen LogP contribution in [0.2, 0.25) is 0 Å². The summed E-state index contributed by atoms with van der Waals surface area (Å²) in [6, 6.07) is 10.1. The lowest BCUT2D eigenvalue weighted by atomic mass is 10.1. The van der Waals surface area contributed by atoms with Crippen molar-refractivity contribution in [1.82, 2.24) is 5.32 Å². The summed E-state index contributed by atoms with van der Waals surface area (Å²) < 4.78 is 13.4. The van der Waals surface area contributed by atoms with E-state index in [2.05, 4.69) is 27.3 Å². The molecule has 4 heteroatoms. The summed E-state index contributed by atoms with van der Waals surface area (Å²) >= 11 is 3.20. The average Bonchev–Trinajstić information content (AvgIpc) is 2.37. The molecule has 1 N–H and O–H groups in total. The van der Waals surface area contributed by atoms with Crippen LogP contribution in [-0.2, 0) is 6.54 Å². The van der Waals surface area contributed by atoms with Crippen LogP contribution in [0.25, 0.3) is 0 Å². The van der Waals surface area contributed by atoms with Crippen molar-refractivity contribution in [1.29, 1.82) is 0 Å². The molecule has 0 heterocycles. The summed E-state index contributed by atoms with van der Waals surface area (Å²) in [6.07, 6.45) is 0. The van der Waals surface area contributed by atoms with Gasteiger partial charge in [-0.05, 0) is 59.1 Å². The molecule has 0 unspecified atom stereocenters. The number of amides is 1. The highest BCUT2D eigenvalue weighted by Crippen LogP contribution is 2.18. The van der Waals surface area contributed by atoms with Crippen molar-refractivity contribution in [2.24, 2.45) is 0 Å². The summed E-state index contributed by atoms with van der Waals surface area (Å²) in [4.78, 5) is 12.1. The van der Waals surface area contributed by atoms with Gasteiger partial charge in [-0.25, -0.2) is 4.39 Å². The van der Waals surface area contributed by atoms with Crippen molar-refractivity contribution in [2.75, 3.05) is 0 Å². The van der Waals surface area contributed by atoms with E-state index in [9.17, 15) is 9.18 Å². The van der Waals surface area contributed by atoms with Gasteiger partial charge in [-0.1, -0.05) is 23.8 Å². The minimum atomic E-state index is -0.372. The van der Waals surface area contributed by atoms with Gasteiger partial charge in [0.15, 0.2) is 0 Å². The molecular weight excluding hydrogens is 321 g/mol. The summed E-state index contributed by atoms with van der Waals surface area (Å²) in [6.45, 7) is 4.50. The molecule has 0 aliphatic carbocycles. The number of carbonyl (C=O) groups excluding carboxylic acids is 1. The predicted octanol–water partition coefficient (Wildman–Crippen LogP) is 4.14. The van der Waals surface area contributed by atoms with Crippen molar-refractivity contribution in [2.45, 2.75) is 20.4 Å². The fourth-order valence-corrected chi connectivity index (χ4v) is 2.52. The molecule has 2 aromatic carbocycles. The molecule has 0 saturated carbocycles. The largest absolute Gasteiger partial charge is 0.348 e. The highest BCUT2D eigenvalue weighted by atomic mass is 79.9. The number of benzene rings is 2. The Morgan fingerprint density at radius 2 is 1.95 bits per heavy atom. The van der Waals surface area contributed by atoms with Crippen molar-refractivity contribution in [3.05, 3.63) is 68.9 Å². The van der Waals surface area contributed by atoms with Crippen molar-refractivity contribution in [3.63, 3.8) is 0 Å². The molecule has 1 amide bonds. The Bertz CT molecular complexity index is 655. The number of hydrogen-bond donors (Lipinski definition) is 1. The maximum Gasteiger partial charge on any atom is 0.252 e. The van der Waals surface area contributed by atoms with Crippen LogP contribution in [-0.4, -0.2) is 5.91 Å². The van der Waals surface area contributed by atoms with Gasteiger partial charge in [0, 0.05) is 11.0 Å². The van der Waals surface area contributed by atoms with Gasteiger partial charge >= 0.3 is 0 Å². The van der Waals surface area contributed by atoms with Gasteiger partial charge in [-0.15, -0.1) is 0 Å². The number of aryl methyl sites for hydroxylation is 2. The highest BCUT2D eigenvalue weighted by Gasteiger charge is 2.10. The minimum absolute atomic E-state index is 0.225. The van der Waals surface area contributed by atoms with Crippen molar-refractivity contribution < 1.29 is 9.18 Å². The molecular formula is C16H15BrFNO. The van der Waals surface area contributed by atoms with Crippen molar-refractivity contribution in [3.8, 4) is 0 Å². The molecule has 0 fully saturated rings.